The average molecular weight is 189 g/mol. The Kier molecular flexibility index (Phi) is 2.61. The van der Waals surface area contributed by atoms with E-state index in [1.165, 1.54) is 32.1 Å². The van der Waals surface area contributed by atoms with Crippen LogP contribution in [0.25, 0.3) is 0 Å². The minimum Gasteiger partial charge on any atom is -0.381 e. The number of ether oxygens (including phenoxy) is 1. The molecule has 2 rings (SSSR count). The van der Waals surface area contributed by atoms with Gasteiger partial charge < -0.3 is 4.74 Å². The highest BCUT2D eigenvalue weighted by Crippen LogP contribution is 2.52. The van der Waals surface area contributed by atoms with Crippen LogP contribution < -0.4 is 0 Å². The molecule has 2 heteroatoms. The van der Waals surface area contributed by atoms with E-state index in [1.54, 1.807) is 0 Å². The Morgan fingerprint density at radius 1 is 1.42 bits per heavy atom. The molecule has 2 fully saturated rings. The summed E-state index contributed by atoms with van der Waals surface area (Å²) in [5.74, 6) is 1.67. The fourth-order valence-electron chi connectivity index (χ4n) is 2.15. The van der Waals surface area contributed by atoms with Crippen LogP contribution in [0.3, 0.4) is 0 Å². The summed E-state index contributed by atoms with van der Waals surface area (Å²) in [5, 5.41) is 0. The van der Waals surface area contributed by atoms with E-state index in [-0.39, 0.29) is 0 Å². The van der Waals surface area contributed by atoms with Gasteiger partial charge in [0, 0.05) is 19.1 Å². The van der Waals surface area contributed by atoms with Crippen molar-refractivity contribution in [3.63, 3.8) is 0 Å². The molecule has 2 aliphatic rings. The van der Waals surface area contributed by atoms with Crippen molar-refractivity contribution in [2.45, 2.75) is 32.1 Å². The summed E-state index contributed by atoms with van der Waals surface area (Å²) in [4.78, 5) is 0. The molecule has 1 nitrogen and oxygen atoms in total. The highest BCUT2D eigenvalue weighted by Gasteiger charge is 2.43. The van der Waals surface area contributed by atoms with Crippen LogP contribution in [-0.2, 0) is 4.74 Å². The molecule has 70 valence electrons. The van der Waals surface area contributed by atoms with Gasteiger partial charge in [0.1, 0.15) is 0 Å². The van der Waals surface area contributed by atoms with Crippen molar-refractivity contribution in [2.24, 2.45) is 11.3 Å². The number of hydrogen-bond donors (Lipinski definition) is 0. The quantitative estimate of drug-likeness (QED) is 0.619. The van der Waals surface area contributed by atoms with Gasteiger partial charge >= 0.3 is 0 Å². The molecule has 12 heavy (non-hydrogen) atoms. The van der Waals surface area contributed by atoms with E-state index in [0.29, 0.717) is 5.41 Å². The maximum absolute atomic E-state index is 5.93. The van der Waals surface area contributed by atoms with Crippen LogP contribution in [0.5, 0.6) is 0 Å². The van der Waals surface area contributed by atoms with Crippen molar-refractivity contribution in [3.8, 4) is 0 Å². The Bertz CT molecular complexity index is 148. The van der Waals surface area contributed by atoms with Crippen molar-refractivity contribution in [2.75, 3.05) is 19.1 Å². The lowest BCUT2D eigenvalue weighted by molar-refractivity contribution is 0.0446. The molecule has 1 aliphatic heterocycles. The molecular formula is C10H17ClO. The summed E-state index contributed by atoms with van der Waals surface area (Å²) in [7, 11) is 0. The zero-order valence-electron chi connectivity index (χ0n) is 7.52. The van der Waals surface area contributed by atoms with Crippen molar-refractivity contribution in [3.05, 3.63) is 0 Å². The molecule has 0 amide bonds. The van der Waals surface area contributed by atoms with Crippen molar-refractivity contribution in [1.29, 1.82) is 0 Å². The smallest absolute Gasteiger partial charge is 0.0494 e. The van der Waals surface area contributed by atoms with E-state index in [1.807, 2.05) is 0 Å². The van der Waals surface area contributed by atoms with Gasteiger partial charge in [-0.1, -0.05) is 0 Å². The van der Waals surface area contributed by atoms with Crippen LogP contribution in [0.2, 0.25) is 0 Å². The first kappa shape index (κ1) is 8.83. The number of alkyl halides is 1. The zero-order valence-corrected chi connectivity index (χ0v) is 8.28. The Hall–Kier alpha value is 0.250. The van der Waals surface area contributed by atoms with E-state index >= 15 is 0 Å². The minimum absolute atomic E-state index is 0.535. The van der Waals surface area contributed by atoms with Gasteiger partial charge in [0.05, 0.1) is 0 Å². The van der Waals surface area contributed by atoms with Crippen LogP contribution in [0.1, 0.15) is 32.1 Å². The number of hydrogen-bond acceptors (Lipinski definition) is 1. The van der Waals surface area contributed by atoms with Gasteiger partial charge in [-0.3, -0.25) is 0 Å². The first-order valence-electron chi connectivity index (χ1n) is 4.98. The lowest BCUT2D eigenvalue weighted by Gasteiger charge is -2.25. The van der Waals surface area contributed by atoms with Crippen molar-refractivity contribution < 1.29 is 4.74 Å². The molecule has 0 aromatic rings. The molecule has 0 aromatic heterocycles. The molecule has 0 N–H and O–H groups in total. The molecule has 1 unspecified atom stereocenters. The first-order valence-corrected chi connectivity index (χ1v) is 5.52. The van der Waals surface area contributed by atoms with Crippen LogP contribution in [0, 0.1) is 11.3 Å². The Morgan fingerprint density at radius 2 is 2.25 bits per heavy atom. The Labute approximate surface area is 79.4 Å². The summed E-state index contributed by atoms with van der Waals surface area (Å²) in [6.45, 7) is 1.96. The lowest BCUT2D eigenvalue weighted by atomic mass is 9.89. The van der Waals surface area contributed by atoms with Crippen molar-refractivity contribution in [1.82, 2.24) is 0 Å². The molecule has 1 saturated heterocycles. The summed E-state index contributed by atoms with van der Waals surface area (Å²) in [5.41, 5.74) is 0.535. The van der Waals surface area contributed by atoms with E-state index < -0.39 is 0 Å². The average Bonchev–Trinajstić information content (AvgIpc) is 2.88. The van der Waals surface area contributed by atoms with E-state index in [9.17, 15) is 0 Å². The highest BCUT2D eigenvalue weighted by molar-refractivity contribution is 6.18. The predicted octanol–water partition coefficient (Wildman–Crippen LogP) is 2.82. The molecule has 0 radical (unpaired) electrons. The number of halogens is 1. The molecule has 1 atom stereocenters. The standard InChI is InChI=1S/C10H17ClO/c11-8-10(3-4-10)6-9-2-1-5-12-7-9/h9H,1-8H2. The van der Waals surface area contributed by atoms with Gasteiger partial charge in [-0.15, -0.1) is 11.6 Å². The second-order valence-corrected chi connectivity index (χ2v) is 4.69. The molecule has 1 aliphatic carbocycles. The van der Waals surface area contributed by atoms with Crippen LogP contribution in [0.4, 0.5) is 0 Å². The van der Waals surface area contributed by atoms with E-state index in [2.05, 4.69) is 0 Å². The van der Waals surface area contributed by atoms with Gasteiger partial charge in [-0.05, 0) is 43.4 Å². The summed E-state index contributed by atoms with van der Waals surface area (Å²) in [6.07, 6.45) is 6.64. The molecular weight excluding hydrogens is 172 g/mol. The van der Waals surface area contributed by atoms with Gasteiger partial charge in [-0.2, -0.15) is 0 Å². The Morgan fingerprint density at radius 3 is 2.75 bits per heavy atom. The topological polar surface area (TPSA) is 9.23 Å². The monoisotopic (exact) mass is 188 g/mol. The summed E-state index contributed by atoms with van der Waals surface area (Å²) < 4.78 is 5.46. The van der Waals surface area contributed by atoms with E-state index in [4.69, 9.17) is 16.3 Å². The molecule has 1 heterocycles. The third kappa shape index (κ3) is 1.94. The molecule has 0 bridgehead atoms. The fraction of sp³-hybridized carbons (Fsp3) is 1.00. The summed E-state index contributed by atoms with van der Waals surface area (Å²) in [6, 6.07) is 0. The lowest BCUT2D eigenvalue weighted by Crippen LogP contribution is -2.21. The fourth-order valence-corrected chi connectivity index (χ4v) is 2.53. The first-order chi connectivity index (χ1) is 5.85. The predicted molar refractivity (Wildman–Crippen MR) is 50.5 cm³/mol. The largest absolute Gasteiger partial charge is 0.381 e. The molecule has 0 spiro atoms. The van der Waals surface area contributed by atoms with Crippen molar-refractivity contribution >= 4 is 11.6 Å². The molecule has 1 saturated carbocycles. The Balaban J connectivity index is 1.77. The minimum atomic E-state index is 0.535. The van der Waals surface area contributed by atoms with E-state index in [0.717, 1.165) is 25.0 Å². The molecule has 0 aromatic carbocycles. The number of rotatable bonds is 3. The van der Waals surface area contributed by atoms with Crippen LogP contribution >= 0.6 is 11.6 Å². The van der Waals surface area contributed by atoms with Gasteiger partial charge in [0.2, 0.25) is 0 Å². The third-order valence-corrected chi connectivity index (χ3v) is 3.78. The SMILES string of the molecule is ClCC1(CC2CCCOC2)CC1. The van der Waals surface area contributed by atoms with Crippen LogP contribution in [0.15, 0.2) is 0 Å². The normalized spacial score (nSPS) is 33.2. The third-order valence-electron chi connectivity index (χ3n) is 3.22. The maximum atomic E-state index is 5.93. The van der Waals surface area contributed by atoms with Gasteiger partial charge in [0.15, 0.2) is 0 Å². The van der Waals surface area contributed by atoms with Gasteiger partial charge in [-0.25, -0.2) is 0 Å². The van der Waals surface area contributed by atoms with Crippen LogP contribution in [-0.4, -0.2) is 19.1 Å². The highest BCUT2D eigenvalue weighted by atomic mass is 35.5. The second-order valence-electron chi connectivity index (χ2n) is 4.42. The maximum Gasteiger partial charge on any atom is 0.0494 e. The second kappa shape index (κ2) is 3.55. The zero-order chi connectivity index (χ0) is 8.44. The van der Waals surface area contributed by atoms with Gasteiger partial charge in [0.25, 0.3) is 0 Å². The summed E-state index contributed by atoms with van der Waals surface area (Å²) >= 11 is 5.93.